The van der Waals surface area contributed by atoms with Gasteiger partial charge in [-0.3, -0.25) is 0 Å². The van der Waals surface area contributed by atoms with Crippen LogP contribution < -0.4 is 4.90 Å². The lowest BCUT2D eigenvalue weighted by Gasteiger charge is -2.23. The predicted octanol–water partition coefficient (Wildman–Crippen LogP) is 3.56. The first-order valence-corrected chi connectivity index (χ1v) is 6.83. The maximum Gasteiger partial charge on any atom is 0.125 e. The lowest BCUT2D eigenvalue weighted by Crippen LogP contribution is -2.24. The van der Waals surface area contributed by atoms with Gasteiger partial charge in [-0.25, -0.2) is 4.39 Å². The molecule has 1 N–H and O–H groups in total. The molecule has 0 saturated carbocycles. The third-order valence-corrected chi connectivity index (χ3v) is 3.47. The van der Waals surface area contributed by atoms with E-state index in [2.05, 4.69) is 6.92 Å². The monoisotopic (exact) mass is 273 g/mol. The molecule has 1 atom stereocenters. The SMILES string of the molecule is CCc1ccc(C(O)CN(C)c2cccc(F)c2)cc1. The summed E-state index contributed by atoms with van der Waals surface area (Å²) in [6.45, 7) is 2.53. The Morgan fingerprint density at radius 1 is 1.15 bits per heavy atom. The van der Waals surface area contributed by atoms with Crippen LogP contribution in [0.4, 0.5) is 10.1 Å². The number of halogens is 1. The van der Waals surface area contributed by atoms with Crippen molar-refractivity contribution in [1.29, 1.82) is 0 Å². The molecule has 0 amide bonds. The zero-order chi connectivity index (χ0) is 14.5. The largest absolute Gasteiger partial charge is 0.387 e. The molecular formula is C17H20FNO. The van der Waals surface area contributed by atoms with Crippen LogP contribution in [0.1, 0.15) is 24.2 Å². The third kappa shape index (κ3) is 3.58. The number of aryl methyl sites for hydroxylation is 1. The van der Waals surface area contributed by atoms with Crippen molar-refractivity contribution in [1.82, 2.24) is 0 Å². The minimum atomic E-state index is -0.589. The smallest absolute Gasteiger partial charge is 0.125 e. The van der Waals surface area contributed by atoms with E-state index in [1.807, 2.05) is 42.3 Å². The third-order valence-electron chi connectivity index (χ3n) is 3.47. The lowest BCUT2D eigenvalue weighted by atomic mass is 10.1. The van der Waals surface area contributed by atoms with Crippen LogP contribution in [0, 0.1) is 5.82 Å². The molecule has 106 valence electrons. The van der Waals surface area contributed by atoms with Crippen molar-refractivity contribution in [2.24, 2.45) is 0 Å². The van der Waals surface area contributed by atoms with Crippen molar-refractivity contribution in [3.63, 3.8) is 0 Å². The average molecular weight is 273 g/mol. The standard InChI is InChI=1S/C17H20FNO/c1-3-13-7-9-14(10-8-13)17(20)12-19(2)16-6-4-5-15(18)11-16/h4-11,17,20H,3,12H2,1-2H3. The van der Waals surface area contributed by atoms with Crippen LogP contribution in [0.2, 0.25) is 0 Å². The van der Waals surface area contributed by atoms with Crippen molar-refractivity contribution in [3.05, 3.63) is 65.5 Å². The molecule has 20 heavy (non-hydrogen) atoms. The highest BCUT2D eigenvalue weighted by Gasteiger charge is 2.11. The first-order chi connectivity index (χ1) is 9.60. The number of hydrogen-bond acceptors (Lipinski definition) is 2. The minimum Gasteiger partial charge on any atom is -0.387 e. The number of anilines is 1. The Kier molecular flexibility index (Phi) is 4.74. The second-order valence-electron chi connectivity index (χ2n) is 4.97. The summed E-state index contributed by atoms with van der Waals surface area (Å²) in [5.41, 5.74) is 2.89. The highest BCUT2D eigenvalue weighted by Crippen LogP contribution is 2.19. The van der Waals surface area contributed by atoms with E-state index in [0.717, 1.165) is 17.7 Å². The van der Waals surface area contributed by atoms with Gasteiger partial charge < -0.3 is 10.0 Å². The van der Waals surface area contributed by atoms with Crippen molar-refractivity contribution in [2.75, 3.05) is 18.5 Å². The summed E-state index contributed by atoms with van der Waals surface area (Å²) in [5, 5.41) is 10.2. The van der Waals surface area contributed by atoms with Crippen LogP contribution in [0.15, 0.2) is 48.5 Å². The number of aliphatic hydroxyl groups is 1. The second-order valence-corrected chi connectivity index (χ2v) is 4.97. The molecule has 2 aromatic carbocycles. The van der Waals surface area contributed by atoms with Gasteiger partial charge in [-0.05, 0) is 35.7 Å². The summed E-state index contributed by atoms with van der Waals surface area (Å²) < 4.78 is 13.2. The molecule has 2 aromatic rings. The Hall–Kier alpha value is -1.87. The number of likely N-dealkylation sites (N-methyl/N-ethyl adjacent to an activating group) is 1. The molecule has 0 aliphatic heterocycles. The summed E-state index contributed by atoms with van der Waals surface area (Å²) in [5.74, 6) is -0.267. The number of aliphatic hydroxyl groups excluding tert-OH is 1. The van der Waals surface area contributed by atoms with Crippen LogP contribution in [-0.2, 0) is 6.42 Å². The van der Waals surface area contributed by atoms with E-state index in [-0.39, 0.29) is 5.82 Å². The molecule has 0 fully saturated rings. The van der Waals surface area contributed by atoms with Crippen molar-refractivity contribution in [2.45, 2.75) is 19.4 Å². The summed E-state index contributed by atoms with van der Waals surface area (Å²) >= 11 is 0. The van der Waals surface area contributed by atoms with Crippen LogP contribution in [0.25, 0.3) is 0 Å². The molecule has 0 spiro atoms. The fourth-order valence-corrected chi connectivity index (χ4v) is 2.16. The quantitative estimate of drug-likeness (QED) is 0.900. The van der Waals surface area contributed by atoms with Gasteiger partial charge in [0, 0.05) is 19.3 Å². The molecule has 3 heteroatoms. The van der Waals surface area contributed by atoms with Gasteiger partial charge in [-0.15, -0.1) is 0 Å². The molecular weight excluding hydrogens is 253 g/mol. The Bertz CT molecular complexity index is 553. The molecule has 0 heterocycles. The van der Waals surface area contributed by atoms with Crippen molar-refractivity contribution < 1.29 is 9.50 Å². The average Bonchev–Trinajstić information content (AvgIpc) is 2.47. The van der Waals surface area contributed by atoms with E-state index in [0.29, 0.717) is 6.54 Å². The molecule has 0 bridgehead atoms. The van der Waals surface area contributed by atoms with Crippen molar-refractivity contribution >= 4 is 5.69 Å². The Morgan fingerprint density at radius 2 is 1.85 bits per heavy atom. The number of nitrogens with zero attached hydrogens (tertiary/aromatic N) is 1. The Labute approximate surface area is 119 Å². The topological polar surface area (TPSA) is 23.5 Å². The molecule has 2 rings (SSSR count). The maximum atomic E-state index is 13.2. The number of hydrogen-bond donors (Lipinski definition) is 1. The van der Waals surface area contributed by atoms with E-state index in [1.54, 1.807) is 6.07 Å². The molecule has 0 aromatic heterocycles. The van der Waals surface area contributed by atoms with Gasteiger partial charge >= 0.3 is 0 Å². The molecule has 1 unspecified atom stereocenters. The van der Waals surface area contributed by atoms with E-state index in [4.69, 9.17) is 0 Å². The summed E-state index contributed by atoms with van der Waals surface area (Å²) in [4.78, 5) is 1.85. The highest BCUT2D eigenvalue weighted by molar-refractivity contribution is 5.46. The summed E-state index contributed by atoms with van der Waals surface area (Å²) in [7, 11) is 1.85. The van der Waals surface area contributed by atoms with Gasteiger partial charge in [0.1, 0.15) is 5.82 Å². The van der Waals surface area contributed by atoms with Crippen molar-refractivity contribution in [3.8, 4) is 0 Å². The first-order valence-electron chi connectivity index (χ1n) is 6.83. The van der Waals surface area contributed by atoms with E-state index in [1.165, 1.54) is 17.7 Å². The fraction of sp³-hybridized carbons (Fsp3) is 0.294. The lowest BCUT2D eigenvalue weighted by molar-refractivity contribution is 0.185. The highest BCUT2D eigenvalue weighted by atomic mass is 19.1. The van der Waals surface area contributed by atoms with E-state index in [9.17, 15) is 9.50 Å². The number of benzene rings is 2. The first kappa shape index (κ1) is 14.5. The Balaban J connectivity index is 2.04. The van der Waals surface area contributed by atoms with E-state index < -0.39 is 6.10 Å². The molecule has 0 saturated heterocycles. The molecule has 0 aliphatic carbocycles. The molecule has 2 nitrogen and oxygen atoms in total. The van der Waals surface area contributed by atoms with Gasteiger partial charge in [0.05, 0.1) is 6.10 Å². The Morgan fingerprint density at radius 3 is 2.45 bits per heavy atom. The van der Waals surface area contributed by atoms with Gasteiger partial charge in [0.2, 0.25) is 0 Å². The summed E-state index contributed by atoms with van der Waals surface area (Å²) in [6.07, 6.45) is 0.397. The van der Waals surface area contributed by atoms with E-state index >= 15 is 0 Å². The maximum absolute atomic E-state index is 13.2. The van der Waals surface area contributed by atoms with Gasteiger partial charge in [-0.2, -0.15) is 0 Å². The van der Waals surface area contributed by atoms with Crippen LogP contribution in [0.3, 0.4) is 0 Å². The second kappa shape index (κ2) is 6.53. The van der Waals surface area contributed by atoms with Gasteiger partial charge in [0.25, 0.3) is 0 Å². The minimum absolute atomic E-state index is 0.267. The number of rotatable bonds is 5. The van der Waals surface area contributed by atoms with Crippen LogP contribution >= 0.6 is 0 Å². The predicted molar refractivity (Wildman–Crippen MR) is 80.4 cm³/mol. The zero-order valence-electron chi connectivity index (χ0n) is 11.9. The van der Waals surface area contributed by atoms with Gasteiger partial charge in [-0.1, -0.05) is 37.3 Å². The van der Waals surface area contributed by atoms with Crippen LogP contribution in [-0.4, -0.2) is 18.7 Å². The molecule has 0 radical (unpaired) electrons. The normalized spacial score (nSPS) is 12.2. The fourth-order valence-electron chi connectivity index (χ4n) is 2.16. The van der Waals surface area contributed by atoms with Gasteiger partial charge in [0.15, 0.2) is 0 Å². The summed E-state index contributed by atoms with van der Waals surface area (Å²) in [6, 6.07) is 14.3. The molecule has 0 aliphatic rings. The van der Waals surface area contributed by atoms with Crippen LogP contribution in [0.5, 0.6) is 0 Å². The zero-order valence-corrected chi connectivity index (χ0v) is 11.9.